The van der Waals surface area contributed by atoms with Crippen molar-refractivity contribution in [2.45, 2.75) is 44.6 Å². The van der Waals surface area contributed by atoms with E-state index in [9.17, 15) is 4.79 Å². The highest BCUT2D eigenvalue weighted by Crippen LogP contribution is 2.32. The van der Waals surface area contributed by atoms with Gasteiger partial charge in [0.1, 0.15) is 11.9 Å². The summed E-state index contributed by atoms with van der Waals surface area (Å²) in [5.41, 5.74) is 1.84. The first-order valence-electron chi connectivity index (χ1n) is 7.61. The van der Waals surface area contributed by atoms with Crippen molar-refractivity contribution >= 4 is 11.7 Å². The van der Waals surface area contributed by atoms with Gasteiger partial charge >= 0.3 is 5.97 Å². The van der Waals surface area contributed by atoms with Crippen LogP contribution in [0.3, 0.4) is 0 Å². The van der Waals surface area contributed by atoms with E-state index in [-0.39, 0.29) is 24.4 Å². The maximum absolute atomic E-state index is 11.6. The van der Waals surface area contributed by atoms with Crippen LogP contribution in [0, 0.1) is 0 Å². The average Bonchev–Trinajstić information content (AvgIpc) is 2.56. The number of hydrogen-bond acceptors (Lipinski definition) is 5. The number of methoxy groups -OCH3 is 2. The van der Waals surface area contributed by atoms with E-state index in [4.69, 9.17) is 14.3 Å². The minimum absolute atomic E-state index is 0.0790. The van der Waals surface area contributed by atoms with E-state index in [0.29, 0.717) is 0 Å². The van der Waals surface area contributed by atoms with E-state index >= 15 is 0 Å². The molecule has 1 aromatic rings. The lowest BCUT2D eigenvalue weighted by Crippen LogP contribution is -2.28. The van der Waals surface area contributed by atoms with Gasteiger partial charge in [-0.2, -0.15) is 0 Å². The quantitative estimate of drug-likeness (QED) is 0.757. The molecule has 22 heavy (non-hydrogen) atoms. The Bertz CT molecular complexity index is 524. The summed E-state index contributed by atoms with van der Waals surface area (Å²) in [7, 11) is 3.03. The molecule has 1 heterocycles. The Morgan fingerprint density at radius 1 is 1.32 bits per heavy atom. The van der Waals surface area contributed by atoms with Gasteiger partial charge in [-0.15, -0.1) is 0 Å². The molecular formula is C17H23NO4. The second-order valence-corrected chi connectivity index (χ2v) is 5.41. The summed E-state index contributed by atoms with van der Waals surface area (Å²) in [6.07, 6.45) is 3.09. The lowest BCUT2D eigenvalue weighted by molar-refractivity contribution is -0.139. The normalized spacial score (nSPS) is 20.8. The molecule has 0 fully saturated rings. The molecule has 0 saturated carbocycles. The first-order valence-corrected chi connectivity index (χ1v) is 7.61. The summed E-state index contributed by atoms with van der Waals surface area (Å²) in [5.74, 6) is 0.595. The first kappa shape index (κ1) is 16.3. The van der Waals surface area contributed by atoms with Crippen LogP contribution in [0.5, 0.6) is 5.75 Å². The van der Waals surface area contributed by atoms with Crippen molar-refractivity contribution in [2.75, 3.05) is 14.2 Å². The third-order valence-electron chi connectivity index (χ3n) is 3.90. The van der Waals surface area contributed by atoms with Crippen molar-refractivity contribution < 1.29 is 19.1 Å². The minimum Gasteiger partial charge on any atom is -0.497 e. The molecule has 0 spiro atoms. The molecule has 0 aromatic heterocycles. The number of nitrogens with zero attached hydrogens (tertiary/aromatic N) is 1. The lowest BCUT2D eigenvalue weighted by atomic mass is 9.85. The summed E-state index contributed by atoms with van der Waals surface area (Å²) in [6.45, 7) is 2.12. The number of rotatable bonds is 6. The number of benzene rings is 1. The van der Waals surface area contributed by atoms with E-state index in [1.165, 1.54) is 7.11 Å². The van der Waals surface area contributed by atoms with E-state index in [2.05, 4.69) is 12.1 Å². The highest BCUT2D eigenvalue weighted by Gasteiger charge is 2.30. The third-order valence-corrected chi connectivity index (χ3v) is 3.90. The van der Waals surface area contributed by atoms with Crippen LogP contribution in [0.15, 0.2) is 29.4 Å². The Morgan fingerprint density at radius 3 is 2.64 bits per heavy atom. The highest BCUT2D eigenvalue weighted by atomic mass is 16.6. The van der Waals surface area contributed by atoms with Crippen LogP contribution in [0.25, 0.3) is 0 Å². The van der Waals surface area contributed by atoms with Gasteiger partial charge in [0.05, 0.1) is 26.4 Å². The summed E-state index contributed by atoms with van der Waals surface area (Å²) in [6, 6.07) is 7.89. The van der Waals surface area contributed by atoms with Crippen molar-refractivity contribution in [3.05, 3.63) is 29.8 Å². The van der Waals surface area contributed by atoms with Crippen LogP contribution in [0.4, 0.5) is 0 Å². The maximum atomic E-state index is 11.6. The predicted octanol–water partition coefficient (Wildman–Crippen LogP) is 3.29. The van der Waals surface area contributed by atoms with Crippen molar-refractivity contribution in [1.82, 2.24) is 0 Å². The van der Waals surface area contributed by atoms with E-state index in [1.54, 1.807) is 7.11 Å². The Hall–Kier alpha value is -2.04. The molecule has 0 radical (unpaired) electrons. The minimum atomic E-state index is -0.296. The molecule has 1 aromatic carbocycles. The molecule has 5 heteroatoms. The van der Waals surface area contributed by atoms with E-state index < -0.39 is 0 Å². The number of carbonyl (C=O) groups is 1. The summed E-state index contributed by atoms with van der Waals surface area (Å²) < 4.78 is 9.95. The molecular weight excluding hydrogens is 282 g/mol. The van der Waals surface area contributed by atoms with Gasteiger partial charge in [0.25, 0.3) is 0 Å². The van der Waals surface area contributed by atoms with Crippen LogP contribution < -0.4 is 4.74 Å². The third kappa shape index (κ3) is 4.00. The molecule has 1 aliphatic rings. The number of ether oxygens (including phenoxy) is 2. The van der Waals surface area contributed by atoms with Crippen LogP contribution >= 0.6 is 0 Å². The Balaban J connectivity index is 2.22. The molecule has 120 valence electrons. The van der Waals surface area contributed by atoms with Crippen LogP contribution in [0.1, 0.15) is 44.1 Å². The highest BCUT2D eigenvalue weighted by molar-refractivity contribution is 6.02. The molecule has 2 rings (SSSR count). The Morgan fingerprint density at radius 2 is 2.05 bits per heavy atom. The van der Waals surface area contributed by atoms with Gasteiger partial charge in [-0.05, 0) is 30.5 Å². The smallest absolute Gasteiger partial charge is 0.311 e. The van der Waals surface area contributed by atoms with Gasteiger partial charge in [-0.3, -0.25) is 4.79 Å². The summed E-state index contributed by atoms with van der Waals surface area (Å²) in [5, 5.41) is 4.20. The van der Waals surface area contributed by atoms with Crippen molar-refractivity contribution in [1.29, 1.82) is 0 Å². The number of carbonyl (C=O) groups excluding carboxylic acids is 1. The van der Waals surface area contributed by atoms with E-state index in [0.717, 1.165) is 36.3 Å². The van der Waals surface area contributed by atoms with E-state index in [1.807, 2.05) is 24.3 Å². The largest absolute Gasteiger partial charge is 0.497 e. The monoisotopic (exact) mass is 305 g/mol. The second-order valence-electron chi connectivity index (χ2n) is 5.41. The zero-order chi connectivity index (χ0) is 15.9. The first-order chi connectivity index (χ1) is 10.7. The fraction of sp³-hybridized carbons (Fsp3) is 0.529. The fourth-order valence-electron chi connectivity index (χ4n) is 2.68. The number of hydrogen-bond donors (Lipinski definition) is 0. The van der Waals surface area contributed by atoms with Gasteiger partial charge in [0.2, 0.25) is 0 Å². The summed E-state index contributed by atoms with van der Waals surface area (Å²) in [4.78, 5) is 17.1. The van der Waals surface area contributed by atoms with Gasteiger partial charge < -0.3 is 14.3 Å². The van der Waals surface area contributed by atoms with Gasteiger partial charge in [0.15, 0.2) is 0 Å². The predicted molar refractivity (Wildman–Crippen MR) is 84.2 cm³/mol. The zero-order valence-electron chi connectivity index (χ0n) is 13.4. The average molecular weight is 305 g/mol. The van der Waals surface area contributed by atoms with Crippen molar-refractivity contribution in [2.24, 2.45) is 5.16 Å². The topological polar surface area (TPSA) is 57.1 Å². The van der Waals surface area contributed by atoms with Crippen molar-refractivity contribution in [3.8, 4) is 5.75 Å². The Kier molecular flexibility index (Phi) is 5.81. The van der Waals surface area contributed by atoms with Gasteiger partial charge in [-0.1, -0.05) is 30.6 Å². The number of oxime groups is 1. The molecule has 0 amide bonds. The molecule has 5 nitrogen and oxygen atoms in total. The molecule has 0 unspecified atom stereocenters. The standard InChI is InChI=1S/C17H23NO4/c1-4-5-14-10-15(12-6-8-13(20-2)9-7-12)16(18-22-14)11-17(19)21-3/h6-9,14-15H,4-5,10-11H2,1-3H3/t14-,15-/m0/s1. The van der Waals surface area contributed by atoms with Gasteiger partial charge in [0, 0.05) is 5.92 Å². The summed E-state index contributed by atoms with van der Waals surface area (Å²) >= 11 is 0. The van der Waals surface area contributed by atoms with Crippen molar-refractivity contribution in [3.63, 3.8) is 0 Å². The molecule has 2 atom stereocenters. The molecule has 1 aliphatic heterocycles. The molecule has 0 aliphatic carbocycles. The van der Waals surface area contributed by atoms with Crippen LogP contribution in [0.2, 0.25) is 0 Å². The maximum Gasteiger partial charge on any atom is 0.311 e. The van der Waals surface area contributed by atoms with Gasteiger partial charge in [-0.25, -0.2) is 0 Å². The second kappa shape index (κ2) is 7.82. The number of esters is 1. The Labute approximate surface area is 131 Å². The molecule has 0 N–H and O–H groups in total. The molecule has 0 saturated heterocycles. The zero-order valence-corrected chi connectivity index (χ0v) is 13.4. The fourth-order valence-corrected chi connectivity index (χ4v) is 2.68. The lowest BCUT2D eigenvalue weighted by Gasteiger charge is -2.28. The molecule has 0 bridgehead atoms. The SMILES string of the molecule is CCC[C@H]1C[C@@H](c2ccc(OC)cc2)C(CC(=O)OC)=NO1. The van der Waals surface area contributed by atoms with Crippen LogP contribution in [-0.4, -0.2) is 32.0 Å². The van der Waals surface area contributed by atoms with Crippen LogP contribution in [-0.2, 0) is 14.4 Å².